The third-order valence-electron chi connectivity index (χ3n) is 4.84. The number of carbonyl (C=O) groups is 2. The van der Waals surface area contributed by atoms with Gasteiger partial charge in [-0.15, -0.1) is 0 Å². The molecular weight excluding hydrogens is 342 g/mol. The molecule has 0 radical (unpaired) electrons. The number of nitrogens with zero attached hydrogens (tertiary/aromatic N) is 1. The average Bonchev–Trinajstić information content (AvgIpc) is 2.72. The van der Waals surface area contributed by atoms with E-state index in [4.69, 9.17) is 10.5 Å². The molecule has 2 amide bonds. The number of nitrogens with one attached hydrogen (secondary N) is 1. The number of nitrogens with two attached hydrogens (primary N) is 1. The van der Waals surface area contributed by atoms with Gasteiger partial charge in [0.05, 0.1) is 5.56 Å². The number of benzene rings is 2. The molecule has 0 aliphatic carbocycles. The van der Waals surface area contributed by atoms with Crippen molar-refractivity contribution in [3.63, 3.8) is 0 Å². The van der Waals surface area contributed by atoms with Gasteiger partial charge in [0.1, 0.15) is 12.4 Å². The molecule has 1 fully saturated rings. The highest BCUT2D eigenvalue weighted by Gasteiger charge is 2.23. The smallest absolute Gasteiger partial charge is 0.253 e. The van der Waals surface area contributed by atoms with Crippen molar-refractivity contribution < 1.29 is 14.3 Å². The first-order chi connectivity index (χ1) is 13.1. The highest BCUT2D eigenvalue weighted by molar-refractivity contribution is 5.95. The van der Waals surface area contributed by atoms with Gasteiger partial charge in [-0.2, -0.15) is 0 Å². The molecule has 6 heteroatoms. The fraction of sp³-hybridized carbons (Fsp3) is 0.333. The molecule has 1 saturated heterocycles. The van der Waals surface area contributed by atoms with Crippen LogP contribution < -0.4 is 15.8 Å². The maximum atomic E-state index is 12.8. The van der Waals surface area contributed by atoms with Crippen molar-refractivity contribution in [2.75, 3.05) is 20.1 Å². The molecule has 2 aromatic rings. The molecule has 3 rings (SSSR count). The Morgan fingerprint density at radius 3 is 2.81 bits per heavy atom. The number of ether oxygens (including phenoxy) is 1. The van der Waals surface area contributed by atoms with Crippen LogP contribution in [0.15, 0.2) is 48.5 Å². The first kappa shape index (κ1) is 18.9. The zero-order valence-electron chi connectivity index (χ0n) is 15.5. The first-order valence-corrected chi connectivity index (χ1v) is 9.15. The van der Waals surface area contributed by atoms with Crippen LogP contribution in [0.3, 0.4) is 0 Å². The Bertz CT molecular complexity index is 822. The van der Waals surface area contributed by atoms with Crippen molar-refractivity contribution in [2.45, 2.75) is 25.5 Å². The van der Waals surface area contributed by atoms with Crippen molar-refractivity contribution in [3.8, 4) is 5.75 Å². The molecule has 1 aliphatic heterocycles. The zero-order chi connectivity index (χ0) is 19.2. The van der Waals surface area contributed by atoms with Gasteiger partial charge >= 0.3 is 0 Å². The number of amides is 2. The summed E-state index contributed by atoms with van der Waals surface area (Å²) >= 11 is 0. The largest absolute Gasteiger partial charge is 0.488 e. The van der Waals surface area contributed by atoms with E-state index in [9.17, 15) is 9.59 Å². The Hall–Kier alpha value is -2.86. The standard InChI is InChI=1S/C21H25N3O3/c1-23-17-8-5-11-24(13-17)21(26)16-7-4-6-15(12-16)14-27-19-10-3-2-9-18(19)20(22)25/h2-4,6-7,9-10,12,17,23H,5,8,11,13-14H2,1H3,(H2,22,25)/t17-/m0/s1. The van der Waals surface area contributed by atoms with E-state index < -0.39 is 5.91 Å². The molecule has 3 N–H and O–H groups in total. The molecular formula is C21H25N3O3. The normalized spacial score (nSPS) is 16.8. The Morgan fingerprint density at radius 2 is 2.04 bits per heavy atom. The average molecular weight is 367 g/mol. The lowest BCUT2D eigenvalue weighted by atomic mass is 10.0. The molecule has 0 spiro atoms. The molecule has 0 aromatic heterocycles. The summed E-state index contributed by atoms with van der Waals surface area (Å²) < 4.78 is 5.76. The van der Waals surface area contributed by atoms with E-state index in [0.29, 0.717) is 22.9 Å². The number of rotatable bonds is 6. The first-order valence-electron chi connectivity index (χ1n) is 9.15. The Kier molecular flexibility index (Phi) is 6.08. The van der Waals surface area contributed by atoms with Gasteiger partial charge in [0.2, 0.25) is 0 Å². The number of likely N-dealkylation sites (tertiary alicyclic amines) is 1. The number of piperidine rings is 1. The zero-order valence-corrected chi connectivity index (χ0v) is 15.5. The fourth-order valence-corrected chi connectivity index (χ4v) is 3.33. The Morgan fingerprint density at radius 1 is 1.22 bits per heavy atom. The number of likely N-dealkylation sites (N-methyl/N-ethyl adjacent to an activating group) is 1. The van der Waals surface area contributed by atoms with E-state index in [-0.39, 0.29) is 12.5 Å². The summed E-state index contributed by atoms with van der Waals surface area (Å²) in [5.41, 5.74) is 7.23. The summed E-state index contributed by atoms with van der Waals surface area (Å²) in [6.07, 6.45) is 2.09. The molecule has 27 heavy (non-hydrogen) atoms. The van der Waals surface area contributed by atoms with Gasteiger partial charge in [-0.1, -0.05) is 24.3 Å². The third-order valence-corrected chi connectivity index (χ3v) is 4.84. The topological polar surface area (TPSA) is 84.7 Å². The van der Waals surface area contributed by atoms with Gasteiger partial charge in [0.15, 0.2) is 0 Å². The van der Waals surface area contributed by atoms with Crippen molar-refractivity contribution in [1.82, 2.24) is 10.2 Å². The van der Waals surface area contributed by atoms with E-state index in [1.807, 2.05) is 36.2 Å². The van der Waals surface area contributed by atoms with E-state index >= 15 is 0 Å². The molecule has 1 atom stereocenters. The van der Waals surface area contributed by atoms with Crippen LogP contribution in [0, 0.1) is 0 Å². The van der Waals surface area contributed by atoms with Gasteiger partial charge in [0, 0.05) is 24.7 Å². The third kappa shape index (κ3) is 4.65. The lowest BCUT2D eigenvalue weighted by Gasteiger charge is -2.32. The van der Waals surface area contributed by atoms with Crippen LogP contribution in [-0.2, 0) is 6.61 Å². The molecule has 2 aromatic carbocycles. The number of para-hydroxylation sites is 1. The predicted molar refractivity (Wildman–Crippen MR) is 104 cm³/mol. The van der Waals surface area contributed by atoms with Crippen molar-refractivity contribution in [1.29, 1.82) is 0 Å². The van der Waals surface area contributed by atoms with Crippen LogP contribution in [0.2, 0.25) is 0 Å². The monoisotopic (exact) mass is 367 g/mol. The van der Waals surface area contributed by atoms with E-state index in [0.717, 1.165) is 31.5 Å². The Balaban J connectivity index is 1.69. The van der Waals surface area contributed by atoms with Crippen LogP contribution in [0.25, 0.3) is 0 Å². The van der Waals surface area contributed by atoms with Crippen molar-refractivity contribution >= 4 is 11.8 Å². The lowest BCUT2D eigenvalue weighted by molar-refractivity contribution is 0.0698. The molecule has 142 valence electrons. The minimum atomic E-state index is -0.529. The number of hydrogen-bond donors (Lipinski definition) is 2. The second kappa shape index (κ2) is 8.68. The van der Waals surface area contributed by atoms with Crippen molar-refractivity contribution in [3.05, 3.63) is 65.2 Å². The quantitative estimate of drug-likeness (QED) is 0.820. The summed E-state index contributed by atoms with van der Waals surface area (Å²) in [7, 11) is 1.93. The summed E-state index contributed by atoms with van der Waals surface area (Å²) in [6, 6.07) is 14.6. The SMILES string of the molecule is CN[C@H]1CCCN(C(=O)c2cccc(COc3ccccc3C(N)=O)c2)C1. The van der Waals surface area contributed by atoms with Crippen LogP contribution >= 0.6 is 0 Å². The van der Waals surface area contributed by atoms with Crippen LogP contribution in [0.5, 0.6) is 5.75 Å². The summed E-state index contributed by atoms with van der Waals surface area (Å²) in [6.45, 7) is 1.76. The van der Waals surface area contributed by atoms with Crippen molar-refractivity contribution in [2.24, 2.45) is 5.73 Å². The molecule has 0 unspecified atom stereocenters. The van der Waals surface area contributed by atoms with Gasteiger partial charge < -0.3 is 20.7 Å². The van der Waals surface area contributed by atoms with Gasteiger partial charge in [-0.3, -0.25) is 9.59 Å². The highest BCUT2D eigenvalue weighted by Crippen LogP contribution is 2.20. The number of hydrogen-bond acceptors (Lipinski definition) is 4. The lowest BCUT2D eigenvalue weighted by Crippen LogP contribution is -2.46. The van der Waals surface area contributed by atoms with Crippen LogP contribution in [0.4, 0.5) is 0 Å². The second-order valence-electron chi connectivity index (χ2n) is 6.73. The minimum Gasteiger partial charge on any atom is -0.488 e. The van der Waals surface area contributed by atoms with E-state index in [2.05, 4.69) is 5.32 Å². The maximum absolute atomic E-state index is 12.8. The molecule has 6 nitrogen and oxygen atoms in total. The van der Waals surface area contributed by atoms with Crippen LogP contribution in [0.1, 0.15) is 39.1 Å². The Labute approximate surface area is 159 Å². The second-order valence-corrected chi connectivity index (χ2v) is 6.73. The number of primary amides is 1. The maximum Gasteiger partial charge on any atom is 0.253 e. The van der Waals surface area contributed by atoms with Gasteiger partial charge in [-0.05, 0) is 49.7 Å². The molecule has 0 bridgehead atoms. The van der Waals surface area contributed by atoms with Gasteiger partial charge in [0.25, 0.3) is 11.8 Å². The fourth-order valence-electron chi connectivity index (χ4n) is 3.33. The van der Waals surface area contributed by atoms with E-state index in [1.165, 1.54) is 0 Å². The summed E-state index contributed by atoms with van der Waals surface area (Å²) in [5.74, 6) is -0.0531. The highest BCUT2D eigenvalue weighted by atomic mass is 16.5. The van der Waals surface area contributed by atoms with Crippen LogP contribution in [-0.4, -0.2) is 42.9 Å². The molecule has 0 saturated carbocycles. The predicted octanol–water partition coefficient (Wildman–Crippen LogP) is 2.19. The summed E-state index contributed by atoms with van der Waals surface area (Å²) in [4.78, 5) is 26.2. The summed E-state index contributed by atoms with van der Waals surface area (Å²) in [5, 5.41) is 3.25. The van der Waals surface area contributed by atoms with E-state index in [1.54, 1.807) is 24.3 Å². The van der Waals surface area contributed by atoms with Gasteiger partial charge in [-0.25, -0.2) is 0 Å². The molecule has 1 aliphatic rings. The minimum absolute atomic E-state index is 0.0364. The molecule has 1 heterocycles. The number of carbonyl (C=O) groups excluding carboxylic acids is 2.